The summed E-state index contributed by atoms with van der Waals surface area (Å²) in [6.07, 6.45) is 3.94. The fourth-order valence-electron chi connectivity index (χ4n) is 2.32. The summed E-state index contributed by atoms with van der Waals surface area (Å²) in [6, 6.07) is 0. The minimum absolute atomic E-state index is 0.173. The predicted molar refractivity (Wildman–Crippen MR) is 66.8 cm³/mol. The molecule has 0 unspecified atom stereocenters. The van der Waals surface area contributed by atoms with Gasteiger partial charge in [0, 0.05) is 31.8 Å². The number of amides is 3. The third kappa shape index (κ3) is 2.43. The first-order valence-electron chi connectivity index (χ1n) is 6.72. The van der Waals surface area contributed by atoms with Crippen molar-refractivity contribution in [3.05, 3.63) is 17.5 Å². The van der Waals surface area contributed by atoms with Gasteiger partial charge in [-0.1, -0.05) is 5.16 Å². The molecular weight excluding hydrogens is 262 g/mol. The van der Waals surface area contributed by atoms with Crippen LogP contribution in [0.4, 0.5) is 0 Å². The van der Waals surface area contributed by atoms with E-state index in [9.17, 15) is 14.4 Å². The van der Waals surface area contributed by atoms with Gasteiger partial charge in [-0.3, -0.25) is 19.3 Å². The topological polar surface area (TPSA) is 92.5 Å². The van der Waals surface area contributed by atoms with Crippen molar-refractivity contribution in [1.82, 2.24) is 15.4 Å². The molecule has 1 N–H and O–H groups in total. The Morgan fingerprint density at radius 3 is 2.70 bits per heavy atom. The molecule has 1 aliphatic carbocycles. The highest BCUT2D eigenvalue weighted by Crippen LogP contribution is 2.40. The smallest absolute Gasteiger partial charge is 0.256 e. The molecule has 1 aromatic heterocycles. The van der Waals surface area contributed by atoms with Crippen LogP contribution >= 0.6 is 0 Å². The van der Waals surface area contributed by atoms with Gasteiger partial charge in [0.2, 0.25) is 11.8 Å². The van der Waals surface area contributed by atoms with Crippen LogP contribution in [0.2, 0.25) is 0 Å². The first kappa shape index (κ1) is 12.8. The Balaban J connectivity index is 1.53. The molecule has 0 bridgehead atoms. The number of nitrogens with one attached hydrogen (secondary N) is 1. The van der Waals surface area contributed by atoms with E-state index in [0.717, 1.165) is 12.8 Å². The summed E-state index contributed by atoms with van der Waals surface area (Å²) < 4.78 is 4.85. The second kappa shape index (κ2) is 5.07. The van der Waals surface area contributed by atoms with Gasteiger partial charge >= 0.3 is 0 Å². The van der Waals surface area contributed by atoms with Crippen LogP contribution in [0.15, 0.2) is 10.8 Å². The molecule has 7 nitrogen and oxygen atoms in total. The number of rotatable bonds is 5. The second-order valence-electron chi connectivity index (χ2n) is 5.08. The summed E-state index contributed by atoms with van der Waals surface area (Å²) in [7, 11) is 0. The SMILES string of the molecule is O=C(NCCN1C(=O)CCC1=O)c1conc1C1CC1. The van der Waals surface area contributed by atoms with Crippen molar-refractivity contribution in [2.24, 2.45) is 0 Å². The molecule has 2 heterocycles. The van der Waals surface area contributed by atoms with Gasteiger partial charge in [-0.05, 0) is 12.8 Å². The Hall–Kier alpha value is -2.18. The van der Waals surface area contributed by atoms with Crippen LogP contribution in [-0.4, -0.2) is 40.9 Å². The van der Waals surface area contributed by atoms with E-state index in [0.29, 0.717) is 17.2 Å². The molecule has 1 saturated carbocycles. The molecule has 106 valence electrons. The molecular formula is C13H15N3O4. The van der Waals surface area contributed by atoms with Crippen molar-refractivity contribution >= 4 is 17.7 Å². The Labute approximate surface area is 115 Å². The molecule has 1 aliphatic heterocycles. The highest BCUT2D eigenvalue weighted by molar-refractivity contribution is 6.02. The van der Waals surface area contributed by atoms with E-state index in [1.807, 2.05) is 0 Å². The van der Waals surface area contributed by atoms with E-state index >= 15 is 0 Å². The minimum Gasteiger partial charge on any atom is -0.364 e. The second-order valence-corrected chi connectivity index (χ2v) is 5.08. The lowest BCUT2D eigenvalue weighted by molar-refractivity contribution is -0.138. The number of imide groups is 1. The van der Waals surface area contributed by atoms with Gasteiger partial charge in [0.1, 0.15) is 11.8 Å². The van der Waals surface area contributed by atoms with Gasteiger partial charge in [0.25, 0.3) is 5.91 Å². The van der Waals surface area contributed by atoms with Crippen LogP contribution in [0.3, 0.4) is 0 Å². The van der Waals surface area contributed by atoms with E-state index in [4.69, 9.17) is 4.52 Å². The lowest BCUT2D eigenvalue weighted by Crippen LogP contribution is -2.37. The predicted octanol–water partition coefficient (Wildman–Crippen LogP) is 0.431. The Morgan fingerprint density at radius 1 is 1.35 bits per heavy atom. The fourth-order valence-corrected chi connectivity index (χ4v) is 2.32. The zero-order valence-corrected chi connectivity index (χ0v) is 10.9. The quantitative estimate of drug-likeness (QED) is 0.788. The Kier molecular flexibility index (Phi) is 3.25. The molecule has 0 aromatic carbocycles. The molecule has 3 rings (SSSR count). The normalized spacial score (nSPS) is 18.7. The Morgan fingerprint density at radius 2 is 2.05 bits per heavy atom. The standard InChI is InChI=1S/C13H15N3O4/c17-10-3-4-11(18)16(10)6-5-14-13(19)9-7-20-15-12(9)8-1-2-8/h7-8H,1-6H2,(H,14,19). The third-order valence-corrected chi connectivity index (χ3v) is 3.58. The summed E-state index contributed by atoms with van der Waals surface area (Å²) in [5.74, 6) is -0.288. The lowest BCUT2D eigenvalue weighted by atomic mass is 10.2. The van der Waals surface area contributed by atoms with Crippen molar-refractivity contribution in [2.45, 2.75) is 31.6 Å². The van der Waals surface area contributed by atoms with Crippen LogP contribution in [0.5, 0.6) is 0 Å². The maximum Gasteiger partial charge on any atom is 0.256 e. The zero-order chi connectivity index (χ0) is 14.1. The van der Waals surface area contributed by atoms with Gasteiger partial charge in [0.15, 0.2) is 0 Å². The van der Waals surface area contributed by atoms with Gasteiger partial charge in [-0.2, -0.15) is 0 Å². The summed E-state index contributed by atoms with van der Waals surface area (Å²) in [6.45, 7) is 0.457. The largest absolute Gasteiger partial charge is 0.364 e. The molecule has 20 heavy (non-hydrogen) atoms. The summed E-state index contributed by atoms with van der Waals surface area (Å²) in [5, 5.41) is 6.55. The maximum absolute atomic E-state index is 12.0. The van der Waals surface area contributed by atoms with E-state index in [2.05, 4.69) is 10.5 Å². The molecule has 1 saturated heterocycles. The lowest BCUT2D eigenvalue weighted by Gasteiger charge is -2.13. The molecule has 1 aromatic rings. The molecule has 0 spiro atoms. The van der Waals surface area contributed by atoms with Crippen LogP contribution in [0, 0.1) is 0 Å². The first-order valence-corrected chi connectivity index (χ1v) is 6.72. The van der Waals surface area contributed by atoms with Crippen molar-refractivity contribution < 1.29 is 18.9 Å². The minimum atomic E-state index is -0.271. The fraction of sp³-hybridized carbons (Fsp3) is 0.538. The first-order chi connectivity index (χ1) is 9.66. The van der Waals surface area contributed by atoms with Crippen molar-refractivity contribution in [1.29, 1.82) is 0 Å². The van der Waals surface area contributed by atoms with Crippen molar-refractivity contribution in [3.8, 4) is 0 Å². The van der Waals surface area contributed by atoms with E-state index in [-0.39, 0.29) is 43.7 Å². The van der Waals surface area contributed by atoms with Gasteiger partial charge < -0.3 is 9.84 Å². The summed E-state index contributed by atoms with van der Waals surface area (Å²) in [4.78, 5) is 36.0. The van der Waals surface area contributed by atoms with Crippen LogP contribution < -0.4 is 5.32 Å². The van der Waals surface area contributed by atoms with Crippen LogP contribution in [0.25, 0.3) is 0 Å². The van der Waals surface area contributed by atoms with Crippen LogP contribution in [0.1, 0.15) is 47.7 Å². The maximum atomic E-state index is 12.0. The number of carbonyl (C=O) groups excluding carboxylic acids is 3. The number of likely N-dealkylation sites (tertiary alicyclic amines) is 1. The number of hydrogen-bond donors (Lipinski definition) is 1. The molecule has 7 heteroatoms. The van der Waals surface area contributed by atoms with Crippen molar-refractivity contribution in [2.75, 3.05) is 13.1 Å². The summed E-state index contributed by atoms with van der Waals surface area (Å²) >= 11 is 0. The number of hydrogen-bond acceptors (Lipinski definition) is 5. The van der Waals surface area contributed by atoms with Gasteiger partial charge in [0.05, 0.1) is 5.69 Å². The molecule has 3 amide bonds. The monoisotopic (exact) mass is 277 g/mol. The highest BCUT2D eigenvalue weighted by Gasteiger charge is 2.32. The van der Waals surface area contributed by atoms with E-state index in [1.54, 1.807) is 0 Å². The average molecular weight is 277 g/mol. The Bertz CT molecular complexity index is 546. The number of carbonyl (C=O) groups is 3. The van der Waals surface area contributed by atoms with Gasteiger partial charge in [-0.25, -0.2) is 0 Å². The molecule has 0 radical (unpaired) electrons. The van der Waals surface area contributed by atoms with Crippen molar-refractivity contribution in [3.63, 3.8) is 0 Å². The molecule has 2 fully saturated rings. The average Bonchev–Trinajstić information content (AvgIpc) is 3.08. The van der Waals surface area contributed by atoms with E-state index < -0.39 is 0 Å². The number of nitrogens with zero attached hydrogens (tertiary/aromatic N) is 2. The molecule has 2 aliphatic rings. The zero-order valence-electron chi connectivity index (χ0n) is 10.9. The third-order valence-electron chi connectivity index (χ3n) is 3.58. The molecule has 0 atom stereocenters. The highest BCUT2D eigenvalue weighted by atomic mass is 16.5. The van der Waals surface area contributed by atoms with Gasteiger partial charge in [-0.15, -0.1) is 0 Å². The summed E-state index contributed by atoms with van der Waals surface area (Å²) in [5.41, 5.74) is 1.16. The van der Waals surface area contributed by atoms with Crippen LogP contribution in [-0.2, 0) is 9.59 Å². The number of aromatic nitrogens is 1. The van der Waals surface area contributed by atoms with E-state index in [1.165, 1.54) is 11.2 Å².